The molecule has 6 heteroatoms. The molecule has 2 aliphatic rings. The highest BCUT2D eigenvalue weighted by Crippen LogP contribution is 2.30. The number of carbonyl (C=O) groups excluding carboxylic acids is 1. The van der Waals surface area contributed by atoms with Gasteiger partial charge in [-0.15, -0.1) is 0 Å². The number of carboxylic acids is 1. The summed E-state index contributed by atoms with van der Waals surface area (Å²) in [5, 5.41) is 12.5. The molecule has 0 radical (unpaired) electrons. The summed E-state index contributed by atoms with van der Waals surface area (Å²) in [6.45, 7) is 5.07. The number of ether oxygens (including phenoxy) is 1. The number of piperidine rings is 1. The topological polar surface area (TPSA) is 78.9 Å². The summed E-state index contributed by atoms with van der Waals surface area (Å²) < 4.78 is 5.35. The standard InChI is InChI=1S/C14H24N2O4/c1-14(2,3)20-13(19)16(8-12(17)18)11-6-9-4-5-10(7-11)15-9/h9-11,15H,4-8H2,1-3H3,(H,17,18). The van der Waals surface area contributed by atoms with Gasteiger partial charge in [0.15, 0.2) is 0 Å². The molecular weight excluding hydrogens is 260 g/mol. The van der Waals surface area contributed by atoms with E-state index in [9.17, 15) is 9.59 Å². The minimum Gasteiger partial charge on any atom is -0.480 e. The molecule has 0 spiro atoms. The van der Waals surface area contributed by atoms with Gasteiger partial charge in [0.05, 0.1) is 0 Å². The second-order valence-electron chi connectivity index (χ2n) is 6.77. The van der Waals surface area contributed by atoms with E-state index in [-0.39, 0.29) is 12.6 Å². The third-order valence-corrected chi connectivity index (χ3v) is 3.82. The van der Waals surface area contributed by atoms with Crippen LogP contribution in [0.4, 0.5) is 4.79 Å². The smallest absolute Gasteiger partial charge is 0.411 e. The summed E-state index contributed by atoms with van der Waals surface area (Å²) in [6.07, 6.45) is 3.31. The molecule has 0 aromatic carbocycles. The van der Waals surface area contributed by atoms with E-state index in [0.29, 0.717) is 12.1 Å². The Balaban J connectivity index is 2.06. The van der Waals surface area contributed by atoms with Crippen LogP contribution in [0, 0.1) is 0 Å². The van der Waals surface area contributed by atoms with Crippen LogP contribution in [-0.4, -0.2) is 52.3 Å². The lowest BCUT2D eigenvalue weighted by Gasteiger charge is -2.37. The number of carbonyl (C=O) groups is 2. The van der Waals surface area contributed by atoms with Gasteiger partial charge in [0.2, 0.25) is 0 Å². The van der Waals surface area contributed by atoms with Crippen LogP contribution in [0.5, 0.6) is 0 Å². The highest BCUT2D eigenvalue weighted by Gasteiger charge is 2.39. The Morgan fingerprint density at radius 3 is 2.25 bits per heavy atom. The Morgan fingerprint density at radius 2 is 1.80 bits per heavy atom. The van der Waals surface area contributed by atoms with E-state index >= 15 is 0 Å². The molecule has 20 heavy (non-hydrogen) atoms. The van der Waals surface area contributed by atoms with E-state index in [2.05, 4.69) is 5.32 Å². The van der Waals surface area contributed by atoms with Crippen molar-refractivity contribution in [3.05, 3.63) is 0 Å². The predicted octanol–water partition coefficient (Wildman–Crippen LogP) is 1.59. The average molecular weight is 284 g/mol. The highest BCUT2D eigenvalue weighted by molar-refractivity contribution is 5.77. The van der Waals surface area contributed by atoms with Crippen molar-refractivity contribution in [2.24, 2.45) is 0 Å². The Morgan fingerprint density at radius 1 is 1.25 bits per heavy atom. The molecule has 2 unspecified atom stereocenters. The van der Waals surface area contributed by atoms with E-state index in [1.54, 1.807) is 20.8 Å². The fraction of sp³-hybridized carbons (Fsp3) is 0.857. The molecule has 2 N–H and O–H groups in total. The third kappa shape index (κ3) is 3.85. The Labute approximate surface area is 119 Å². The number of aliphatic carboxylic acids is 1. The van der Waals surface area contributed by atoms with Crippen LogP contribution in [0.1, 0.15) is 46.5 Å². The van der Waals surface area contributed by atoms with Gasteiger partial charge < -0.3 is 15.2 Å². The van der Waals surface area contributed by atoms with Gasteiger partial charge in [0.25, 0.3) is 0 Å². The highest BCUT2D eigenvalue weighted by atomic mass is 16.6. The quantitative estimate of drug-likeness (QED) is 0.823. The van der Waals surface area contributed by atoms with Gasteiger partial charge in [0.1, 0.15) is 12.1 Å². The zero-order chi connectivity index (χ0) is 14.9. The molecule has 0 aromatic rings. The molecule has 6 nitrogen and oxygen atoms in total. The van der Waals surface area contributed by atoms with Crippen LogP contribution in [0.25, 0.3) is 0 Å². The predicted molar refractivity (Wildman–Crippen MR) is 73.5 cm³/mol. The third-order valence-electron chi connectivity index (χ3n) is 3.82. The molecule has 2 saturated heterocycles. The minimum absolute atomic E-state index is 0.0419. The zero-order valence-corrected chi connectivity index (χ0v) is 12.4. The van der Waals surface area contributed by atoms with Crippen LogP contribution < -0.4 is 5.32 Å². The summed E-state index contributed by atoms with van der Waals surface area (Å²) >= 11 is 0. The summed E-state index contributed by atoms with van der Waals surface area (Å²) in [4.78, 5) is 24.7. The van der Waals surface area contributed by atoms with Crippen LogP contribution >= 0.6 is 0 Å². The Hall–Kier alpha value is -1.30. The molecule has 0 aliphatic carbocycles. The molecule has 2 aliphatic heterocycles. The first-order valence-corrected chi connectivity index (χ1v) is 7.22. The second kappa shape index (κ2) is 5.60. The number of carboxylic acid groups (broad SMARTS) is 1. The molecule has 1 amide bonds. The fourth-order valence-electron chi connectivity index (χ4n) is 3.09. The number of fused-ring (bicyclic) bond motifs is 2. The number of nitrogens with zero attached hydrogens (tertiary/aromatic N) is 1. The average Bonchev–Trinajstić information content (AvgIpc) is 2.62. The second-order valence-corrected chi connectivity index (χ2v) is 6.77. The van der Waals surface area contributed by atoms with E-state index < -0.39 is 17.7 Å². The molecule has 2 heterocycles. The SMILES string of the molecule is CC(C)(C)OC(=O)N(CC(=O)O)C1CC2CCC(C1)N2. The zero-order valence-electron chi connectivity index (χ0n) is 12.4. The van der Waals surface area contributed by atoms with Gasteiger partial charge >= 0.3 is 12.1 Å². The Bertz CT molecular complexity index is 379. The van der Waals surface area contributed by atoms with Gasteiger partial charge in [-0.25, -0.2) is 4.79 Å². The molecule has 0 saturated carbocycles. The maximum Gasteiger partial charge on any atom is 0.411 e. The van der Waals surface area contributed by atoms with Crippen LogP contribution in [0.15, 0.2) is 0 Å². The van der Waals surface area contributed by atoms with Gasteiger partial charge in [-0.05, 0) is 46.5 Å². The monoisotopic (exact) mass is 284 g/mol. The van der Waals surface area contributed by atoms with Crippen molar-refractivity contribution in [1.82, 2.24) is 10.2 Å². The maximum atomic E-state index is 12.2. The van der Waals surface area contributed by atoms with Crippen molar-refractivity contribution in [3.8, 4) is 0 Å². The van der Waals surface area contributed by atoms with Gasteiger partial charge in [-0.1, -0.05) is 0 Å². The first-order valence-electron chi connectivity index (χ1n) is 7.22. The Kier molecular flexibility index (Phi) is 4.22. The molecule has 0 aromatic heterocycles. The lowest BCUT2D eigenvalue weighted by Crippen LogP contribution is -2.52. The largest absolute Gasteiger partial charge is 0.480 e. The first kappa shape index (κ1) is 15.1. The number of rotatable bonds is 3. The van der Waals surface area contributed by atoms with Crippen molar-refractivity contribution < 1.29 is 19.4 Å². The van der Waals surface area contributed by atoms with Crippen molar-refractivity contribution in [3.63, 3.8) is 0 Å². The van der Waals surface area contributed by atoms with Crippen LogP contribution in [-0.2, 0) is 9.53 Å². The van der Waals surface area contributed by atoms with E-state index in [4.69, 9.17) is 9.84 Å². The fourth-order valence-corrected chi connectivity index (χ4v) is 3.09. The molecule has 2 rings (SSSR count). The van der Waals surface area contributed by atoms with Gasteiger partial charge in [-0.3, -0.25) is 9.69 Å². The molecule has 2 atom stereocenters. The maximum absolute atomic E-state index is 12.2. The van der Waals surface area contributed by atoms with E-state index in [1.807, 2.05) is 0 Å². The van der Waals surface area contributed by atoms with Crippen molar-refractivity contribution in [2.75, 3.05) is 6.54 Å². The van der Waals surface area contributed by atoms with Crippen LogP contribution in [0.3, 0.4) is 0 Å². The number of hydrogen-bond acceptors (Lipinski definition) is 4. The summed E-state index contributed by atoms with van der Waals surface area (Å²) in [5.74, 6) is -0.998. The van der Waals surface area contributed by atoms with Crippen LogP contribution in [0.2, 0.25) is 0 Å². The van der Waals surface area contributed by atoms with E-state index in [0.717, 1.165) is 25.7 Å². The van der Waals surface area contributed by atoms with Crippen molar-refractivity contribution in [2.45, 2.75) is 70.2 Å². The lowest BCUT2D eigenvalue weighted by atomic mass is 9.98. The molecular formula is C14H24N2O4. The molecule has 2 fully saturated rings. The summed E-state index contributed by atoms with van der Waals surface area (Å²) in [7, 11) is 0. The van der Waals surface area contributed by atoms with Gasteiger partial charge in [0, 0.05) is 18.1 Å². The number of nitrogens with one attached hydrogen (secondary N) is 1. The lowest BCUT2D eigenvalue weighted by molar-refractivity contribution is -0.139. The number of hydrogen-bond donors (Lipinski definition) is 2. The first-order chi connectivity index (χ1) is 9.24. The van der Waals surface area contributed by atoms with Gasteiger partial charge in [-0.2, -0.15) is 0 Å². The minimum atomic E-state index is -0.998. The summed E-state index contributed by atoms with van der Waals surface area (Å²) in [5.41, 5.74) is -0.611. The van der Waals surface area contributed by atoms with E-state index in [1.165, 1.54) is 4.90 Å². The van der Waals surface area contributed by atoms with Crippen molar-refractivity contribution >= 4 is 12.1 Å². The normalized spacial score (nSPS) is 29.1. The molecule has 114 valence electrons. The summed E-state index contributed by atoms with van der Waals surface area (Å²) in [6, 6.07) is 0.759. The number of amides is 1. The van der Waals surface area contributed by atoms with Crippen molar-refractivity contribution in [1.29, 1.82) is 0 Å². The molecule has 2 bridgehead atoms.